The Labute approximate surface area is 146 Å². The van der Waals surface area contributed by atoms with Crippen molar-refractivity contribution in [1.82, 2.24) is 9.88 Å². The van der Waals surface area contributed by atoms with Crippen molar-refractivity contribution in [2.24, 2.45) is 16.5 Å². The molecule has 0 aliphatic carbocycles. The van der Waals surface area contributed by atoms with Gasteiger partial charge in [-0.25, -0.2) is 4.98 Å². The molecule has 3 rings (SSSR count). The highest BCUT2D eigenvalue weighted by atomic mass is 32.1. The van der Waals surface area contributed by atoms with Crippen LogP contribution in [0.2, 0.25) is 0 Å². The Kier molecular flexibility index (Phi) is 5.32. The Hall–Kier alpha value is -2.12. The molecule has 2 aromatic rings. The van der Waals surface area contributed by atoms with Crippen molar-refractivity contribution in [1.29, 1.82) is 0 Å². The van der Waals surface area contributed by atoms with Gasteiger partial charge in [0.15, 0.2) is 5.96 Å². The van der Waals surface area contributed by atoms with Gasteiger partial charge in [-0.05, 0) is 45.0 Å². The van der Waals surface area contributed by atoms with Crippen molar-refractivity contribution in [2.75, 3.05) is 26.2 Å². The number of benzene rings is 1. The Morgan fingerprint density at radius 1 is 1.29 bits per heavy atom. The maximum absolute atomic E-state index is 6.04. The van der Waals surface area contributed by atoms with E-state index in [1.165, 1.54) is 37.3 Å². The van der Waals surface area contributed by atoms with E-state index in [9.17, 15) is 0 Å². The summed E-state index contributed by atoms with van der Waals surface area (Å²) < 4.78 is 6.04. The van der Waals surface area contributed by atoms with Crippen molar-refractivity contribution in [3.63, 3.8) is 0 Å². The van der Waals surface area contributed by atoms with Crippen LogP contribution in [0.15, 0.2) is 29.3 Å². The van der Waals surface area contributed by atoms with Crippen LogP contribution in [0.5, 0.6) is 5.75 Å². The number of ether oxygens (including phenoxy) is 1. The molecule has 1 aromatic carbocycles. The maximum atomic E-state index is 6.04. The fourth-order valence-corrected chi connectivity index (χ4v) is 3.68. The SMILES string of the molecule is Cc1sc(N=C(N)N)nc1-c1ccccc1OCCN1CCCC1. The second-order valence-electron chi connectivity index (χ2n) is 5.83. The molecule has 128 valence electrons. The first-order valence-electron chi connectivity index (χ1n) is 8.15. The number of aliphatic imine (C=N–C) groups is 1. The molecule has 0 atom stereocenters. The number of hydrogen-bond donors (Lipinski definition) is 2. The number of likely N-dealkylation sites (tertiary alicyclic amines) is 1. The zero-order valence-corrected chi connectivity index (χ0v) is 14.7. The number of guanidine groups is 1. The molecule has 0 saturated carbocycles. The number of rotatable bonds is 6. The number of nitrogens with two attached hydrogens (primary N) is 2. The monoisotopic (exact) mass is 345 g/mol. The predicted molar refractivity (Wildman–Crippen MR) is 98.9 cm³/mol. The van der Waals surface area contributed by atoms with Crippen LogP contribution in [0.25, 0.3) is 11.3 Å². The van der Waals surface area contributed by atoms with Crippen LogP contribution in [-0.2, 0) is 0 Å². The Balaban J connectivity index is 1.76. The number of para-hydroxylation sites is 1. The Morgan fingerprint density at radius 2 is 2.04 bits per heavy atom. The summed E-state index contributed by atoms with van der Waals surface area (Å²) in [6, 6.07) is 7.97. The number of hydrogen-bond acceptors (Lipinski definition) is 5. The number of thiazole rings is 1. The lowest BCUT2D eigenvalue weighted by Crippen LogP contribution is -2.25. The van der Waals surface area contributed by atoms with Gasteiger partial charge in [0.25, 0.3) is 0 Å². The van der Waals surface area contributed by atoms with Gasteiger partial charge in [0.2, 0.25) is 5.13 Å². The first-order chi connectivity index (χ1) is 11.6. The molecule has 2 heterocycles. The van der Waals surface area contributed by atoms with Gasteiger partial charge in [-0.3, -0.25) is 4.90 Å². The zero-order valence-electron chi connectivity index (χ0n) is 13.9. The second kappa shape index (κ2) is 7.63. The van der Waals surface area contributed by atoms with E-state index in [2.05, 4.69) is 14.9 Å². The van der Waals surface area contributed by atoms with Crippen LogP contribution in [0.3, 0.4) is 0 Å². The quantitative estimate of drug-likeness (QED) is 0.620. The third kappa shape index (κ3) is 4.04. The number of aryl methyl sites for hydroxylation is 1. The van der Waals surface area contributed by atoms with Crippen LogP contribution in [0.4, 0.5) is 5.13 Å². The van der Waals surface area contributed by atoms with E-state index in [0.717, 1.165) is 28.4 Å². The summed E-state index contributed by atoms with van der Waals surface area (Å²) >= 11 is 1.47. The fourth-order valence-electron chi connectivity index (χ4n) is 2.87. The average Bonchev–Trinajstić information content (AvgIpc) is 3.17. The van der Waals surface area contributed by atoms with Crippen LogP contribution >= 0.6 is 11.3 Å². The first-order valence-corrected chi connectivity index (χ1v) is 8.97. The van der Waals surface area contributed by atoms with Gasteiger partial charge in [-0.1, -0.05) is 23.5 Å². The molecule has 1 saturated heterocycles. The Morgan fingerprint density at radius 3 is 2.79 bits per heavy atom. The van der Waals surface area contributed by atoms with Crippen molar-refractivity contribution < 1.29 is 4.74 Å². The van der Waals surface area contributed by atoms with E-state index in [-0.39, 0.29) is 5.96 Å². The van der Waals surface area contributed by atoms with Crippen LogP contribution < -0.4 is 16.2 Å². The molecule has 1 aliphatic rings. The lowest BCUT2D eigenvalue weighted by atomic mass is 10.1. The van der Waals surface area contributed by atoms with Gasteiger partial charge < -0.3 is 16.2 Å². The number of aromatic nitrogens is 1. The molecule has 1 aliphatic heterocycles. The third-order valence-corrected chi connectivity index (χ3v) is 4.88. The minimum absolute atomic E-state index is 0.0189. The normalized spacial score (nSPS) is 14.7. The highest BCUT2D eigenvalue weighted by Crippen LogP contribution is 2.36. The molecule has 1 fully saturated rings. The van der Waals surface area contributed by atoms with Crippen LogP contribution in [0, 0.1) is 6.92 Å². The van der Waals surface area contributed by atoms with E-state index >= 15 is 0 Å². The van der Waals surface area contributed by atoms with E-state index in [4.69, 9.17) is 16.2 Å². The molecular formula is C17H23N5OS. The molecule has 1 aromatic heterocycles. The predicted octanol–water partition coefficient (Wildman–Crippen LogP) is 2.50. The summed E-state index contributed by atoms with van der Waals surface area (Å²) in [4.78, 5) is 12.1. The van der Waals surface area contributed by atoms with Crippen molar-refractivity contribution in [2.45, 2.75) is 19.8 Å². The number of nitrogens with zero attached hydrogens (tertiary/aromatic N) is 3. The molecule has 0 bridgehead atoms. The van der Waals surface area contributed by atoms with E-state index in [1.54, 1.807) is 0 Å². The van der Waals surface area contributed by atoms with Gasteiger partial charge >= 0.3 is 0 Å². The van der Waals surface area contributed by atoms with E-state index < -0.39 is 0 Å². The van der Waals surface area contributed by atoms with Gasteiger partial charge in [-0.2, -0.15) is 4.99 Å². The molecule has 0 radical (unpaired) electrons. The standard InChI is InChI=1S/C17H23N5OS/c1-12-15(20-17(24-12)21-16(18)19)13-6-2-3-7-14(13)23-11-10-22-8-4-5-9-22/h2-3,6-7H,4-5,8-11H2,1H3,(H4,18,19,20,21). The van der Waals surface area contributed by atoms with Crippen molar-refractivity contribution >= 4 is 22.4 Å². The van der Waals surface area contributed by atoms with Gasteiger partial charge in [0.1, 0.15) is 12.4 Å². The minimum atomic E-state index is 0.0189. The first kappa shape index (κ1) is 16.7. The maximum Gasteiger partial charge on any atom is 0.213 e. The molecule has 4 N–H and O–H groups in total. The van der Waals surface area contributed by atoms with Crippen molar-refractivity contribution in [3.8, 4) is 17.0 Å². The topological polar surface area (TPSA) is 89.8 Å². The molecule has 0 spiro atoms. The van der Waals surface area contributed by atoms with E-state index in [1.807, 2.05) is 31.2 Å². The second-order valence-corrected chi connectivity index (χ2v) is 7.01. The summed E-state index contributed by atoms with van der Waals surface area (Å²) in [6.07, 6.45) is 2.59. The highest BCUT2D eigenvalue weighted by molar-refractivity contribution is 7.15. The zero-order chi connectivity index (χ0) is 16.9. The summed E-state index contributed by atoms with van der Waals surface area (Å²) in [6.45, 7) is 6.01. The van der Waals surface area contributed by atoms with Gasteiger partial charge in [0, 0.05) is 17.0 Å². The lowest BCUT2D eigenvalue weighted by molar-refractivity contribution is 0.238. The Bertz CT molecular complexity index is 718. The summed E-state index contributed by atoms with van der Waals surface area (Å²) in [7, 11) is 0. The molecule has 0 amide bonds. The van der Waals surface area contributed by atoms with E-state index in [0.29, 0.717) is 11.7 Å². The summed E-state index contributed by atoms with van der Waals surface area (Å²) in [5.41, 5.74) is 12.7. The summed E-state index contributed by atoms with van der Waals surface area (Å²) in [5, 5.41) is 0.564. The third-order valence-electron chi connectivity index (χ3n) is 4.02. The minimum Gasteiger partial charge on any atom is -0.492 e. The molecule has 0 unspecified atom stereocenters. The molecule has 6 nitrogen and oxygen atoms in total. The van der Waals surface area contributed by atoms with Gasteiger partial charge in [0.05, 0.1) is 5.69 Å². The smallest absolute Gasteiger partial charge is 0.213 e. The van der Waals surface area contributed by atoms with Crippen LogP contribution in [0.1, 0.15) is 17.7 Å². The highest BCUT2D eigenvalue weighted by Gasteiger charge is 2.15. The largest absolute Gasteiger partial charge is 0.492 e. The lowest BCUT2D eigenvalue weighted by Gasteiger charge is -2.16. The molecule has 24 heavy (non-hydrogen) atoms. The van der Waals surface area contributed by atoms with Gasteiger partial charge in [-0.15, -0.1) is 0 Å². The van der Waals surface area contributed by atoms with Crippen LogP contribution in [-0.4, -0.2) is 42.1 Å². The summed E-state index contributed by atoms with van der Waals surface area (Å²) in [5.74, 6) is 0.867. The van der Waals surface area contributed by atoms with Crippen molar-refractivity contribution in [3.05, 3.63) is 29.1 Å². The average molecular weight is 345 g/mol. The fraction of sp³-hybridized carbons (Fsp3) is 0.412. The molecular weight excluding hydrogens is 322 g/mol. The molecule has 7 heteroatoms.